The molecule has 42 heavy (non-hydrogen) atoms. The van der Waals surface area contributed by atoms with Crippen molar-refractivity contribution in [3.05, 3.63) is 107 Å². The van der Waals surface area contributed by atoms with Gasteiger partial charge in [0.05, 0.1) is 23.6 Å². The number of nitrogens with zero attached hydrogens (tertiary/aromatic N) is 4. The topological polar surface area (TPSA) is 84.9 Å². The molecule has 1 aliphatic rings. The van der Waals surface area contributed by atoms with Crippen molar-refractivity contribution in [2.75, 3.05) is 24.5 Å². The van der Waals surface area contributed by atoms with E-state index >= 15 is 0 Å². The van der Waals surface area contributed by atoms with Crippen LogP contribution in [0.15, 0.2) is 90.2 Å². The van der Waals surface area contributed by atoms with E-state index in [9.17, 15) is 8.42 Å². The number of ether oxygens (including phenoxy) is 2. The number of piperidine rings is 1. The molecule has 1 atom stereocenters. The Morgan fingerprint density at radius 1 is 1.05 bits per heavy atom. The van der Waals surface area contributed by atoms with Gasteiger partial charge in [0.25, 0.3) is 10.0 Å². The molecule has 5 rings (SSSR count). The van der Waals surface area contributed by atoms with E-state index in [2.05, 4.69) is 46.1 Å². The van der Waals surface area contributed by atoms with Gasteiger partial charge in [0.15, 0.2) is 0 Å². The van der Waals surface area contributed by atoms with Gasteiger partial charge in [-0.15, -0.1) is 0 Å². The molecule has 10 heteroatoms. The zero-order chi connectivity index (χ0) is 29.7. The van der Waals surface area contributed by atoms with E-state index in [0.29, 0.717) is 17.5 Å². The van der Waals surface area contributed by atoms with E-state index in [-0.39, 0.29) is 28.4 Å². The highest BCUT2D eigenvalue weighted by atomic mass is 35.5. The normalized spacial score (nSPS) is 15.2. The number of rotatable bonds is 10. The Balaban J connectivity index is 1.31. The maximum Gasteiger partial charge on any atom is 0.265 e. The molecule has 0 aliphatic carbocycles. The lowest BCUT2D eigenvalue weighted by Gasteiger charge is -2.36. The third-order valence-electron chi connectivity index (χ3n) is 7.78. The third kappa shape index (κ3) is 6.69. The molecule has 1 aliphatic heterocycles. The highest BCUT2D eigenvalue weighted by Crippen LogP contribution is 2.34. The van der Waals surface area contributed by atoms with Crippen molar-refractivity contribution in [1.82, 2.24) is 14.9 Å². The molecule has 8 nitrogen and oxygen atoms in total. The summed E-state index contributed by atoms with van der Waals surface area (Å²) in [5.41, 5.74) is 3.02. The van der Waals surface area contributed by atoms with Crippen molar-refractivity contribution in [2.24, 2.45) is 0 Å². The Hall–Kier alpha value is -3.66. The molecular weight excluding hydrogens is 572 g/mol. The average molecular weight is 607 g/mol. The predicted octanol–water partition coefficient (Wildman–Crippen LogP) is 6.45. The molecule has 2 heterocycles. The minimum absolute atomic E-state index is 0.000236. The molecule has 220 valence electrons. The van der Waals surface area contributed by atoms with Crippen molar-refractivity contribution in [3.63, 3.8) is 0 Å². The second-order valence-electron chi connectivity index (χ2n) is 10.4. The fourth-order valence-corrected chi connectivity index (χ4v) is 6.93. The highest BCUT2D eigenvalue weighted by molar-refractivity contribution is 7.92. The molecule has 0 bridgehead atoms. The number of methoxy groups -OCH3 is 1. The van der Waals surface area contributed by atoms with Gasteiger partial charge in [0.2, 0.25) is 0 Å². The Morgan fingerprint density at radius 3 is 2.45 bits per heavy atom. The second kappa shape index (κ2) is 13.1. The zero-order valence-electron chi connectivity index (χ0n) is 24.0. The van der Waals surface area contributed by atoms with Gasteiger partial charge in [-0.25, -0.2) is 22.7 Å². The van der Waals surface area contributed by atoms with E-state index in [1.54, 1.807) is 19.2 Å². The molecule has 0 saturated carbocycles. The first-order valence-electron chi connectivity index (χ1n) is 13.9. The molecule has 1 fully saturated rings. The number of hydrogen-bond acceptors (Lipinski definition) is 7. The summed E-state index contributed by atoms with van der Waals surface area (Å²) in [6.45, 7) is 6.03. The van der Waals surface area contributed by atoms with E-state index in [1.165, 1.54) is 34.5 Å². The van der Waals surface area contributed by atoms with Gasteiger partial charge in [-0.2, -0.15) is 0 Å². The van der Waals surface area contributed by atoms with Crippen molar-refractivity contribution in [3.8, 4) is 11.5 Å². The van der Waals surface area contributed by atoms with Crippen LogP contribution in [-0.4, -0.2) is 49.6 Å². The first-order valence-corrected chi connectivity index (χ1v) is 15.8. The molecule has 0 spiro atoms. The standard InChI is InChI=1S/C32H35ClN4O4S/c1-23-19-28(40-3)10-9-26(23)21-37(32-13-16-34-22-35-32)42(38,39)29-11-12-31(30(33)20-29)41-27-14-17-36(18-15-27)24(2)25-7-5-4-6-8-25/h4-13,16,19-20,22,24,27H,14-15,17-18,21H2,1-3H3/t24-/m1/s1. The predicted molar refractivity (Wildman–Crippen MR) is 165 cm³/mol. The average Bonchev–Trinajstić information content (AvgIpc) is 3.02. The van der Waals surface area contributed by atoms with Crippen LogP contribution >= 0.6 is 11.6 Å². The molecule has 1 aromatic heterocycles. The zero-order valence-corrected chi connectivity index (χ0v) is 25.6. The van der Waals surface area contributed by atoms with Crippen molar-refractivity contribution in [2.45, 2.75) is 50.3 Å². The lowest BCUT2D eigenvalue weighted by Crippen LogP contribution is -2.39. The maximum atomic E-state index is 14.0. The summed E-state index contributed by atoms with van der Waals surface area (Å²) in [7, 11) is -2.44. The van der Waals surface area contributed by atoms with E-state index < -0.39 is 10.0 Å². The van der Waals surface area contributed by atoms with Crippen LogP contribution in [0.1, 0.15) is 42.5 Å². The monoisotopic (exact) mass is 606 g/mol. The molecule has 4 aromatic rings. The number of likely N-dealkylation sites (tertiary alicyclic amines) is 1. The third-order valence-corrected chi connectivity index (χ3v) is 9.82. The summed E-state index contributed by atoms with van der Waals surface area (Å²) in [6, 6.07) is 22.6. The first kappa shape index (κ1) is 29.8. The summed E-state index contributed by atoms with van der Waals surface area (Å²) in [5.74, 6) is 1.43. The van der Waals surface area contributed by atoms with Crippen LogP contribution in [0, 0.1) is 6.92 Å². The van der Waals surface area contributed by atoms with E-state index in [4.69, 9.17) is 21.1 Å². The number of hydrogen-bond donors (Lipinski definition) is 0. The summed E-state index contributed by atoms with van der Waals surface area (Å²) in [6.07, 6.45) is 4.56. The fourth-order valence-electron chi connectivity index (χ4n) is 5.22. The Kier molecular flexibility index (Phi) is 9.30. The minimum atomic E-state index is -4.04. The number of aromatic nitrogens is 2. The van der Waals surface area contributed by atoms with Gasteiger partial charge < -0.3 is 9.47 Å². The number of aryl methyl sites for hydroxylation is 1. The fraction of sp³-hybridized carbons (Fsp3) is 0.312. The second-order valence-corrected chi connectivity index (χ2v) is 12.7. The summed E-state index contributed by atoms with van der Waals surface area (Å²) in [5, 5.41) is 0.249. The molecule has 0 radical (unpaired) electrons. The van der Waals surface area contributed by atoms with Crippen LogP contribution in [0.25, 0.3) is 0 Å². The van der Waals surface area contributed by atoms with Gasteiger partial charge in [-0.3, -0.25) is 4.90 Å². The SMILES string of the molecule is COc1ccc(CN(c2ccncn2)S(=O)(=O)c2ccc(OC3CCN([C@H](C)c4ccccc4)CC3)c(Cl)c2)c(C)c1. The van der Waals surface area contributed by atoms with E-state index in [1.807, 2.05) is 31.2 Å². The van der Waals surface area contributed by atoms with Crippen LogP contribution in [0.2, 0.25) is 5.02 Å². The van der Waals surface area contributed by atoms with Crippen LogP contribution in [0.3, 0.4) is 0 Å². The lowest BCUT2D eigenvalue weighted by atomic mass is 10.0. The van der Waals surface area contributed by atoms with Crippen LogP contribution in [0.5, 0.6) is 11.5 Å². The first-order chi connectivity index (χ1) is 20.3. The van der Waals surface area contributed by atoms with Crippen LogP contribution in [-0.2, 0) is 16.6 Å². The summed E-state index contributed by atoms with van der Waals surface area (Å²) in [4.78, 5) is 10.7. The Morgan fingerprint density at radius 2 is 1.81 bits per heavy atom. The molecule has 3 aromatic carbocycles. The van der Waals surface area contributed by atoms with Gasteiger partial charge in [0, 0.05) is 31.4 Å². The van der Waals surface area contributed by atoms with Crippen LogP contribution < -0.4 is 13.8 Å². The number of benzene rings is 3. The Bertz CT molecular complexity index is 1600. The highest BCUT2D eigenvalue weighted by Gasteiger charge is 2.29. The van der Waals surface area contributed by atoms with Crippen molar-refractivity contribution in [1.29, 1.82) is 0 Å². The van der Waals surface area contributed by atoms with Crippen molar-refractivity contribution >= 4 is 27.4 Å². The van der Waals surface area contributed by atoms with Gasteiger partial charge in [-0.1, -0.05) is 48.0 Å². The maximum absolute atomic E-state index is 14.0. The number of anilines is 1. The quantitative estimate of drug-likeness (QED) is 0.205. The molecule has 0 amide bonds. The Labute approximate surface area is 252 Å². The molecule has 1 saturated heterocycles. The van der Waals surface area contributed by atoms with Gasteiger partial charge in [-0.05, 0) is 73.7 Å². The smallest absolute Gasteiger partial charge is 0.265 e. The molecular formula is C32H35ClN4O4S. The number of halogens is 1. The van der Waals surface area contributed by atoms with Crippen LogP contribution in [0.4, 0.5) is 5.82 Å². The van der Waals surface area contributed by atoms with Crippen molar-refractivity contribution < 1.29 is 17.9 Å². The summed E-state index contributed by atoms with van der Waals surface area (Å²) >= 11 is 6.63. The molecule has 0 unspecified atom stereocenters. The van der Waals surface area contributed by atoms with Gasteiger partial charge in [0.1, 0.15) is 29.7 Å². The minimum Gasteiger partial charge on any atom is -0.497 e. The molecule has 0 N–H and O–H groups in total. The largest absolute Gasteiger partial charge is 0.497 e. The number of sulfonamides is 1. The van der Waals surface area contributed by atoms with Gasteiger partial charge >= 0.3 is 0 Å². The summed E-state index contributed by atoms with van der Waals surface area (Å²) < 4.78 is 40.8. The lowest BCUT2D eigenvalue weighted by molar-refractivity contribution is 0.0797. The van der Waals surface area contributed by atoms with E-state index in [0.717, 1.165) is 37.1 Å².